The molecule has 2 aliphatic rings. The number of hydrogen-bond donors (Lipinski definition) is 3. The van der Waals surface area contributed by atoms with Crippen LogP contribution in [0.4, 0.5) is 0 Å². The van der Waals surface area contributed by atoms with Crippen LogP contribution in [0.25, 0.3) is 79.2 Å². The number of carbonyl (C=O) groups is 1. The van der Waals surface area contributed by atoms with E-state index < -0.39 is 5.97 Å². The predicted octanol–water partition coefficient (Wildman–Crippen LogP) is 11.2. The van der Waals surface area contributed by atoms with Crippen LogP contribution in [0.1, 0.15) is 35.3 Å². The summed E-state index contributed by atoms with van der Waals surface area (Å²) < 4.78 is 0. The summed E-state index contributed by atoms with van der Waals surface area (Å²) in [5, 5.41) is 7.42. The van der Waals surface area contributed by atoms with Crippen LogP contribution in [-0.2, 0) is 4.79 Å². The maximum atomic E-state index is 9.00. The molecule has 0 saturated carbocycles. The monoisotopic (exact) mass is 674 g/mol. The van der Waals surface area contributed by atoms with Crippen molar-refractivity contribution in [1.82, 2.24) is 19.9 Å². The van der Waals surface area contributed by atoms with Gasteiger partial charge in [0.2, 0.25) is 0 Å². The van der Waals surface area contributed by atoms with Crippen molar-refractivity contribution < 1.29 is 9.90 Å². The molecule has 3 aromatic heterocycles. The van der Waals surface area contributed by atoms with Crippen molar-refractivity contribution in [3.05, 3.63) is 180 Å². The summed E-state index contributed by atoms with van der Waals surface area (Å²) >= 11 is 0. The first-order valence-corrected chi connectivity index (χ1v) is 17.1. The second kappa shape index (κ2) is 14.1. The molecule has 5 heterocycles. The van der Waals surface area contributed by atoms with Crippen molar-refractivity contribution in [1.29, 1.82) is 0 Å². The molecule has 6 heteroatoms. The smallest absolute Gasteiger partial charge is 0.300 e. The number of aromatic amines is 2. The van der Waals surface area contributed by atoms with Gasteiger partial charge in [-0.2, -0.15) is 0 Å². The van der Waals surface area contributed by atoms with E-state index in [1.807, 2.05) is 0 Å². The maximum absolute atomic E-state index is 9.00. The number of aliphatic carboxylic acids is 1. The molecular formula is C46H34N4O2. The minimum Gasteiger partial charge on any atom is -0.481 e. The van der Waals surface area contributed by atoms with Gasteiger partial charge in [-0.05, 0) is 70.8 Å². The van der Waals surface area contributed by atoms with Crippen molar-refractivity contribution in [2.24, 2.45) is 0 Å². The molecule has 0 aliphatic carbocycles. The van der Waals surface area contributed by atoms with E-state index in [4.69, 9.17) is 19.9 Å². The zero-order valence-corrected chi connectivity index (χ0v) is 28.4. The molecule has 6 nitrogen and oxygen atoms in total. The lowest BCUT2D eigenvalue weighted by Crippen LogP contribution is -1.92. The van der Waals surface area contributed by atoms with Gasteiger partial charge in [-0.15, -0.1) is 0 Å². The highest BCUT2D eigenvalue weighted by atomic mass is 16.4. The Bertz CT molecular complexity index is 2630. The Morgan fingerprint density at radius 3 is 1.54 bits per heavy atom. The normalized spacial score (nSPS) is 11.8. The highest BCUT2D eigenvalue weighted by molar-refractivity contribution is 6.10. The van der Waals surface area contributed by atoms with E-state index >= 15 is 0 Å². The van der Waals surface area contributed by atoms with Crippen LogP contribution < -0.4 is 0 Å². The van der Waals surface area contributed by atoms with Gasteiger partial charge in [0.1, 0.15) is 0 Å². The Hall–Kier alpha value is -7.05. The Labute approximate surface area is 301 Å². The van der Waals surface area contributed by atoms with Gasteiger partial charge in [-0.25, -0.2) is 9.97 Å². The third-order valence-corrected chi connectivity index (χ3v) is 8.89. The number of benzene rings is 4. The van der Waals surface area contributed by atoms with E-state index in [2.05, 4.69) is 180 Å². The lowest BCUT2D eigenvalue weighted by molar-refractivity contribution is -0.134. The third-order valence-electron chi connectivity index (χ3n) is 8.89. The highest BCUT2D eigenvalue weighted by Gasteiger charge is 2.24. The van der Waals surface area contributed by atoms with Crippen LogP contribution in [0.15, 0.2) is 152 Å². The van der Waals surface area contributed by atoms with Gasteiger partial charge in [-0.3, -0.25) is 4.79 Å². The minimum absolute atomic E-state index is 0.833. The summed E-state index contributed by atoms with van der Waals surface area (Å²) in [6, 6.07) is 53.0. The van der Waals surface area contributed by atoms with Gasteiger partial charge in [0.05, 0.1) is 28.3 Å². The quantitative estimate of drug-likeness (QED) is 0.173. The number of nitrogens with one attached hydrogen (secondary N) is 2. The van der Waals surface area contributed by atoms with Gasteiger partial charge in [0.25, 0.3) is 5.97 Å². The minimum atomic E-state index is -0.833. The summed E-state index contributed by atoms with van der Waals surface area (Å²) in [4.78, 5) is 26.9. The molecule has 3 N–H and O–H groups in total. The number of fused-ring (bicyclic) bond motifs is 8. The van der Waals surface area contributed by atoms with Gasteiger partial charge in [0.15, 0.2) is 0 Å². The van der Waals surface area contributed by atoms with E-state index in [-0.39, 0.29) is 0 Å². The van der Waals surface area contributed by atoms with Crippen LogP contribution in [0.2, 0.25) is 0 Å². The molecule has 0 spiro atoms. The fourth-order valence-electron chi connectivity index (χ4n) is 6.78. The molecule has 2 aliphatic heterocycles. The zero-order chi connectivity index (χ0) is 35.4. The van der Waals surface area contributed by atoms with E-state index in [9.17, 15) is 0 Å². The lowest BCUT2D eigenvalue weighted by Gasteiger charge is -2.12. The van der Waals surface area contributed by atoms with Crippen LogP contribution in [0.5, 0.6) is 0 Å². The van der Waals surface area contributed by atoms with E-state index in [0.29, 0.717) is 0 Å². The van der Waals surface area contributed by atoms with E-state index in [0.717, 1.165) is 96.3 Å². The number of rotatable bonds is 4. The van der Waals surface area contributed by atoms with Crippen molar-refractivity contribution in [2.45, 2.75) is 6.92 Å². The molecule has 8 bridgehead atoms. The molecular weight excluding hydrogens is 641 g/mol. The second-order valence-electron chi connectivity index (χ2n) is 12.6. The molecule has 9 rings (SSSR count). The summed E-state index contributed by atoms with van der Waals surface area (Å²) in [5.74, 6) is -0.833. The summed E-state index contributed by atoms with van der Waals surface area (Å²) in [7, 11) is 0. The van der Waals surface area contributed by atoms with Gasteiger partial charge in [-0.1, -0.05) is 121 Å². The standard InChI is InChI=1S/C44H30N4.C2H4O2/c1-5-13-29(14-6-1)38-27-37-26-35-22-21-33(45-35)25-34-23-24-36(46-34)28-39-40(30-15-7-2-8-16-30)41(31-17-9-3-10-18-31)44(48-39)42(43(38)47-37)32-19-11-4-12-20-32;1-2(3)4/h1-28,45,48H;1H3,(H,3,4). The van der Waals surface area contributed by atoms with Crippen LogP contribution in [0.3, 0.4) is 0 Å². The number of hydrogen-bond acceptors (Lipinski definition) is 3. The molecule has 0 radical (unpaired) electrons. The zero-order valence-electron chi connectivity index (χ0n) is 28.4. The van der Waals surface area contributed by atoms with Gasteiger partial charge < -0.3 is 15.1 Å². The molecule has 0 fully saturated rings. The number of nitrogens with zero attached hydrogens (tertiary/aromatic N) is 2. The largest absolute Gasteiger partial charge is 0.481 e. The molecule has 250 valence electrons. The lowest BCUT2D eigenvalue weighted by atomic mass is 9.91. The molecule has 0 amide bonds. The maximum Gasteiger partial charge on any atom is 0.300 e. The Balaban J connectivity index is 0.000000922. The van der Waals surface area contributed by atoms with Crippen LogP contribution >= 0.6 is 0 Å². The Kier molecular flexibility index (Phi) is 8.70. The Morgan fingerprint density at radius 2 is 0.981 bits per heavy atom. The summed E-state index contributed by atoms with van der Waals surface area (Å²) in [5.41, 5.74) is 16.3. The SMILES string of the molecule is C1=Cc2cc3[nH]c(c(-c4ccccc4)c4nc(cc5ccc(cc1n2)[nH]5)C=C4c1ccccc1)c(-c1ccccc1)c3-c1ccccc1.CC(=O)O. The van der Waals surface area contributed by atoms with Crippen LogP contribution in [-0.4, -0.2) is 31.0 Å². The first kappa shape index (κ1) is 32.2. The van der Waals surface area contributed by atoms with E-state index in [1.165, 1.54) is 0 Å². The van der Waals surface area contributed by atoms with Crippen molar-refractivity contribution in [3.63, 3.8) is 0 Å². The van der Waals surface area contributed by atoms with Crippen molar-refractivity contribution >= 4 is 51.8 Å². The number of carboxylic acids is 1. The van der Waals surface area contributed by atoms with E-state index in [1.54, 1.807) is 0 Å². The van der Waals surface area contributed by atoms with Crippen LogP contribution in [0, 0.1) is 0 Å². The fourth-order valence-corrected chi connectivity index (χ4v) is 6.78. The predicted molar refractivity (Wildman–Crippen MR) is 213 cm³/mol. The van der Waals surface area contributed by atoms with Crippen molar-refractivity contribution in [3.8, 4) is 33.4 Å². The van der Waals surface area contributed by atoms with Gasteiger partial charge >= 0.3 is 0 Å². The molecule has 7 aromatic rings. The molecule has 0 unspecified atom stereocenters. The molecule has 0 atom stereocenters. The first-order chi connectivity index (χ1) is 25.5. The highest BCUT2D eigenvalue weighted by Crippen LogP contribution is 2.45. The number of H-pyrrole nitrogens is 2. The topological polar surface area (TPSA) is 94.7 Å². The number of carboxylic acid groups (broad SMARTS) is 1. The summed E-state index contributed by atoms with van der Waals surface area (Å²) in [6.07, 6.45) is 6.35. The molecule has 0 saturated heterocycles. The number of aromatic nitrogens is 4. The fraction of sp³-hybridized carbons (Fsp3) is 0.0217. The molecule has 52 heavy (non-hydrogen) atoms. The Morgan fingerprint density at radius 1 is 0.519 bits per heavy atom. The second-order valence-corrected chi connectivity index (χ2v) is 12.6. The summed E-state index contributed by atoms with van der Waals surface area (Å²) in [6.45, 7) is 1.08. The third kappa shape index (κ3) is 6.61. The average Bonchev–Trinajstić information content (AvgIpc) is 3.97. The average molecular weight is 675 g/mol. The van der Waals surface area contributed by atoms with Crippen molar-refractivity contribution in [2.75, 3.05) is 0 Å². The first-order valence-electron chi connectivity index (χ1n) is 17.1. The van der Waals surface area contributed by atoms with Gasteiger partial charge in [0, 0.05) is 45.7 Å². The molecule has 4 aromatic carbocycles.